The summed E-state index contributed by atoms with van der Waals surface area (Å²) >= 11 is 0. The predicted molar refractivity (Wildman–Crippen MR) is 47.3 cm³/mol. The van der Waals surface area contributed by atoms with E-state index in [1.807, 2.05) is 0 Å². The zero-order chi connectivity index (χ0) is 8.32. The molecule has 0 bridgehead atoms. The average molecular weight is 244 g/mol. The normalized spacial score (nSPS) is 29.0. The van der Waals surface area contributed by atoms with Gasteiger partial charge in [0.25, 0.3) is 0 Å². The van der Waals surface area contributed by atoms with Gasteiger partial charge in [-0.3, -0.25) is 0 Å². The SMILES string of the molecule is [CH2-]CC1(CC(C)C)CCOC1.[Y]. The van der Waals surface area contributed by atoms with Gasteiger partial charge in [0.05, 0.1) is 0 Å². The molecular weight excluding hydrogens is 225 g/mol. The first kappa shape index (κ1) is 13.1. The second-order valence-corrected chi connectivity index (χ2v) is 4.15. The molecule has 0 N–H and O–H groups in total. The van der Waals surface area contributed by atoms with E-state index in [9.17, 15) is 0 Å². The molecule has 0 aliphatic carbocycles. The van der Waals surface area contributed by atoms with Crippen LogP contribution in [-0.4, -0.2) is 13.2 Å². The van der Waals surface area contributed by atoms with Crippen LogP contribution in [0.1, 0.15) is 33.1 Å². The minimum Gasteiger partial charge on any atom is -0.381 e. The topological polar surface area (TPSA) is 9.23 Å². The molecular formula is C10H19OY-. The summed E-state index contributed by atoms with van der Waals surface area (Å²) in [5.41, 5.74) is 0.425. The monoisotopic (exact) mass is 244 g/mol. The predicted octanol–water partition coefficient (Wildman–Crippen LogP) is 2.66. The van der Waals surface area contributed by atoms with Gasteiger partial charge in [-0.1, -0.05) is 13.8 Å². The zero-order valence-corrected chi connectivity index (χ0v) is 11.1. The molecule has 0 spiro atoms. The van der Waals surface area contributed by atoms with Gasteiger partial charge in [0.15, 0.2) is 0 Å². The van der Waals surface area contributed by atoms with E-state index in [2.05, 4.69) is 20.8 Å². The van der Waals surface area contributed by atoms with Crippen LogP contribution in [0.4, 0.5) is 0 Å². The van der Waals surface area contributed by atoms with Gasteiger partial charge < -0.3 is 11.7 Å². The van der Waals surface area contributed by atoms with Crippen LogP contribution >= 0.6 is 0 Å². The van der Waals surface area contributed by atoms with E-state index in [0.29, 0.717) is 5.41 Å². The molecule has 1 rings (SSSR count). The second kappa shape index (κ2) is 5.72. The molecule has 1 nitrogen and oxygen atoms in total. The van der Waals surface area contributed by atoms with E-state index in [-0.39, 0.29) is 32.7 Å². The summed E-state index contributed by atoms with van der Waals surface area (Å²) < 4.78 is 5.41. The van der Waals surface area contributed by atoms with Crippen LogP contribution in [0.3, 0.4) is 0 Å². The van der Waals surface area contributed by atoms with E-state index in [4.69, 9.17) is 4.74 Å². The third-order valence-electron chi connectivity index (χ3n) is 2.56. The Kier molecular flexibility index (Phi) is 6.23. The maximum absolute atomic E-state index is 5.41. The van der Waals surface area contributed by atoms with E-state index in [0.717, 1.165) is 25.6 Å². The summed E-state index contributed by atoms with van der Waals surface area (Å²) in [6, 6.07) is 0. The molecule has 1 heterocycles. The number of hydrogen-bond donors (Lipinski definition) is 0. The molecule has 1 aliphatic rings. The molecule has 0 aromatic carbocycles. The van der Waals surface area contributed by atoms with Crippen LogP contribution < -0.4 is 0 Å². The fraction of sp³-hybridized carbons (Fsp3) is 0.900. The summed E-state index contributed by atoms with van der Waals surface area (Å²) in [7, 11) is 0. The molecule has 0 aromatic rings. The Morgan fingerprint density at radius 2 is 2.17 bits per heavy atom. The van der Waals surface area contributed by atoms with Crippen LogP contribution in [0, 0.1) is 18.3 Å². The van der Waals surface area contributed by atoms with Crippen LogP contribution in [0.5, 0.6) is 0 Å². The molecule has 1 aliphatic heterocycles. The van der Waals surface area contributed by atoms with Gasteiger partial charge in [-0.25, -0.2) is 0 Å². The molecule has 2 heteroatoms. The molecule has 1 atom stereocenters. The Hall–Kier alpha value is 1.06. The first-order valence-electron chi connectivity index (χ1n) is 4.55. The summed E-state index contributed by atoms with van der Waals surface area (Å²) in [5, 5.41) is 0. The Bertz CT molecular complexity index is 117. The second-order valence-electron chi connectivity index (χ2n) is 4.15. The van der Waals surface area contributed by atoms with Crippen LogP contribution in [0.15, 0.2) is 0 Å². The average Bonchev–Trinajstić information content (AvgIpc) is 2.36. The van der Waals surface area contributed by atoms with Crippen molar-refractivity contribution in [1.82, 2.24) is 0 Å². The van der Waals surface area contributed by atoms with Crippen molar-refractivity contribution >= 4 is 0 Å². The van der Waals surface area contributed by atoms with Gasteiger partial charge in [0.2, 0.25) is 0 Å². The first-order valence-corrected chi connectivity index (χ1v) is 4.55. The number of ether oxygens (including phenoxy) is 1. The van der Waals surface area contributed by atoms with Crippen LogP contribution in [0.25, 0.3) is 0 Å². The van der Waals surface area contributed by atoms with Gasteiger partial charge in [-0.05, 0) is 24.2 Å². The zero-order valence-electron chi connectivity index (χ0n) is 8.31. The van der Waals surface area contributed by atoms with Crippen LogP contribution in [-0.2, 0) is 37.4 Å². The minimum absolute atomic E-state index is 0. The van der Waals surface area contributed by atoms with E-state index < -0.39 is 0 Å². The van der Waals surface area contributed by atoms with Gasteiger partial charge in [0.1, 0.15) is 0 Å². The van der Waals surface area contributed by atoms with Crippen molar-refractivity contribution < 1.29 is 37.4 Å². The van der Waals surface area contributed by atoms with E-state index >= 15 is 0 Å². The minimum atomic E-state index is 0. The smallest absolute Gasteiger partial charge is 0.0498 e. The Morgan fingerprint density at radius 1 is 1.50 bits per heavy atom. The van der Waals surface area contributed by atoms with Gasteiger partial charge in [-0.2, -0.15) is 6.42 Å². The maximum atomic E-state index is 5.41. The summed E-state index contributed by atoms with van der Waals surface area (Å²) in [6.45, 7) is 10.4. The molecule has 1 unspecified atom stereocenters. The van der Waals surface area contributed by atoms with Crippen molar-refractivity contribution in [2.24, 2.45) is 11.3 Å². The van der Waals surface area contributed by atoms with Crippen molar-refractivity contribution in [1.29, 1.82) is 0 Å². The summed E-state index contributed by atoms with van der Waals surface area (Å²) in [6.07, 6.45) is 3.52. The molecule has 0 amide bonds. The molecule has 0 saturated carbocycles. The van der Waals surface area contributed by atoms with Crippen molar-refractivity contribution in [3.8, 4) is 0 Å². The van der Waals surface area contributed by atoms with Crippen molar-refractivity contribution in [3.63, 3.8) is 0 Å². The third-order valence-corrected chi connectivity index (χ3v) is 2.56. The van der Waals surface area contributed by atoms with Crippen LogP contribution in [0.2, 0.25) is 0 Å². The molecule has 0 aromatic heterocycles. The standard InChI is InChI=1S/C10H19O.Y/c1-4-10(7-9(2)3)5-6-11-8-10;/h9H,1,4-8H2,2-3H3;/q-1;. The van der Waals surface area contributed by atoms with E-state index in [1.54, 1.807) is 0 Å². The van der Waals surface area contributed by atoms with E-state index in [1.165, 1.54) is 12.8 Å². The number of rotatable bonds is 3. The fourth-order valence-corrected chi connectivity index (χ4v) is 1.98. The quantitative estimate of drug-likeness (QED) is 0.693. The molecule has 1 fully saturated rings. The first-order chi connectivity index (χ1) is 5.18. The fourth-order valence-electron chi connectivity index (χ4n) is 1.98. The third kappa shape index (κ3) is 3.43. The van der Waals surface area contributed by atoms with Gasteiger partial charge in [0, 0.05) is 45.9 Å². The Balaban J connectivity index is 0.00000121. The van der Waals surface area contributed by atoms with Crippen molar-refractivity contribution in [2.45, 2.75) is 33.1 Å². The molecule has 1 saturated heterocycles. The van der Waals surface area contributed by atoms with Crippen molar-refractivity contribution in [2.75, 3.05) is 13.2 Å². The van der Waals surface area contributed by atoms with Crippen molar-refractivity contribution in [3.05, 3.63) is 6.92 Å². The Labute approximate surface area is 102 Å². The molecule has 1 radical (unpaired) electrons. The largest absolute Gasteiger partial charge is 0.381 e. The summed E-state index contributed by atoms with van der Waals surface area (Å²) in [5.74, 6) is 0.776. The van der Waals surface area contributed by atoms with Gasteiger partial charge >= 0.3 is 0 Å². The Morgan fingerprint density at radius 3 is 2.50 bits per heavy atom. The molecule has 12 heavy (non-hydrogen) atoms. The molecule has 69 valence electrons. The maximum Gasteiger partial charge on any atom is 0.0498 e. The summed E-state index contributed by atoms with van der Waals surface area (Å²) in [4.78, 5) is 0. The number of hydrogen-bond acceptors (Lipinski definition) is 1. The van der Waals surface area contributed by atoms with Gasteiger partial charge in [-0.15, -0.1) is 0 Å².